The zero-order chi connectivity index (χ0) is 23.6. The summed E-state index contributed by atoms with van der Waals surface area (Å²) in [4.78, 5) is 0. The van der Waals surface area contributed by atoms with Gasteiger partial charge in [-0.2, -0.15) is 0 Å². The first kappa shape index (κ1) is 24.9. The second-order valence-electron chi connectivity index (χ2n) is 13.4. The molecule has 4 nitrogen and oxygen atoms in total. The van der Waals surface area contributed by atoms with Gasteiger partial charge in [-0.15, -0.1) is 0 Å². The lowest BCUT2D eigenvalue weighted by Gasteiger charge is -2.61. The van der Waals surface area contributed by atoms with Crippen LogP contribution in [0.25, 0.3) is 0 Å². The molecule has 4 aliphatic carbocycles. The molecule has 4 aliphatic rings. The van der Waals surface area contributed by atoms with E-state index in [2.05, 4.69) is 41.5 Å². The summed E-state index contributed by atoms with van der Waals surface area (Å²) in [5.74, 6) is 3.59. The minimum absolute atomic E-state index is 0.0940. The van der Waals surface area contributed by atoms with E-state index >= 15 is 0 Å². The van der Waals surface area contributed by atoms with E-state index in [4.69, 9.17) is 0 Å². The maximum atomic E-state index is 11.2. The second kappa shape index (κ2) is 8.81. The van der Waals surface area contributed by atoms with E-state index in [1.165, 1.54) is 32.1 Å². The van der Waals surface area contributed by atoms with Gasteiger partial charge in [0.05, 0.1) is 24.4 Å². The van der Waals surface area contributed by atoms with Crippen molar-refractivity contribution in [3.8, 4) is 0 Å². The Kier molecular flexibility index (Phi) is 6.87. The SMILES string of the molecule is CC(C)[C@H](C)[C@@H](O)[C@H](O)[C@@H](C)[C@H]1CC[C@H]2[C@@H]3CC[C@H]4C[C@H](O)[C@H](O)C[C@]4(C)[C@H]3CC[C@]12C. The van der Waals surface area contributed by atoms with Crippen molar-refractivity contribution in [2.24, 2.45) is 58.2 Å². The van der Waals surface area contributed by atoms with Crippen molar-refractivity contribution in [1.29, 1.82) is 0 Å². The highest BCUT2D eigenvalue weighted by Gasteiger charge is 2.62. The predicted molar refractivity (Wildman–Crippen MR) is 128 cm³/mol. The van der Waals surface area contributed by atoms with Crippen molar-refractivity contribution < 1.29 is 20.4 Å². The van der Waals surface area contributed by atoms with Crippen LogP contribution in [0.5, 0.6) is 0 Å². The molecule has 0 saturated heterocycles. The standard InChI is InChI=1S/C28H50O4/c1-15(2)16(3)25(31)26(32)17(4)20-9-10-21-19-8-7-18-13-23(29)24(30)14-28(18,6)22(19)11-12-27(20,21)5/h15-26,29-32H,7-14H2,1-6H3/t16-,17-,18-,19-,20+,21-,22-,23-,24+,25+,26+,27+,28-/m0/s1. The van der Waals surface area contributed by atoms with Gasteiger partial charge in [-0.05, 0) is 110 Å². The molecule has 0 unspecified atom stereocenters. The topological polar surface area (TPSA) is 80.9 Å². The Hall–Kier alpha value is -0.160. The van der Waals surface area contributed by atoms with Gasteiger partial charge in [0, 0.05) is 0 Å². The Morgan fingerprint density at radius 3 is 2.06 bits per heavy atom. The van der Waals surface area contributed by atoms with Gasteiger partial charge in [0.2, 0.25) is 0 Å². The molecule has 4 saturated carbocycles. The van der Waals surface area contributed by atoms with Crippen molar-refractivity contribution >= 4 is 0 Å². The van der Waals surface area contributed by atoms with E-state index in [1.807, 2.05) is 0 Å². The summed E-state index contributed by atoms with van der Waals surface area (Å²) < 4.78 is 0. The van der Waals surface area contributed by atoms with Crippen LogP contribution in [0.3, 0.4) is 0 Å². The van der Waals surface area contributed by atoms with Crippen molar-refractivity contribution in [3.05, 3.63) is 0 Å². The molecule has 0 amide bonds. The zero-order valence-electron chi connectivity index (χ0n) is 21.4. The number of rotatable bonds is 5. The smallest absolute Gasteiger partial charge is 0.0830 e. The predicted octanol–water partition coefficient (Wildman–Crippen LogP) is 4.63. The molecular formula is C28H50O4. The number of aliphatic hydroxyl groups is 4. The van der Waals surface area contributed by atoms with Crippen molar-refractivity contribution in [3.63, 3.8) is 0 Å². The normalized spacial score (nSPS) is 50.2. The van der Waals surface area contributed by atoms with Gasteiger partial charge in [-0.1, -0.05) is 41.5 Å². The molecule has 4 N–H and O–H groups in total. The molecule has 0 aromatic rings. The quantitative estimate of drug-likeness (QED) is 0.492. The third-order valence-electron chi connectivity index (χ3n) is 11.9. The average molecular weight is 451 g/mol. The maximum Gasteiger partial charge on any atom is 0.0830 e. The molecule has 0 bridgehead atoms. The number of aliphatic hydroxyl groups excluding tert-OH is 4. The Labute approximate surface area is 196 Å². The number of hydrogen-bond acceptors (Lipinski definition) is 4. The third-order valence-corrected chi connectivity index (χ3v) is 11.9. The molecule has 0 spiro atoms. The highest BCUT2D eigenvalue weighted by molar-refractivity contribution is 5.11. The Morgan fingerprint density at radius 1 is 0.750 bits per heavy atom. The fourth-order valence-electron chi connectivity index (χ4n) is 9.43. The van der Waals surface area contributed by atoms with E-state index in [0.717, 1.165) is 19.3 Å². The van der Waals surface area contributed by atoms with Crippen LogP contribution >= 0.6 is 0 Å². The fourth-order valence-corrected chi connectivity index (χ4v) is 9.43. The van der Waals surface area contributed by atoms with Gasteiger partial charge in [-0.3, -0.25) is 0 Å². The maximum absolute atomic E-state index is 11.2. The van der Waals surface area contributed by atoms with E-state index < -0.39 is 24.4 Å². The fraction of sp³-hybridized carbons (Fsp3) is 1.00. The average Bonchev–Trinajstić information content (AvgIpc) is 3.09. The molecule has 0 aromatic heterocycles. The first-order chi connectivity index (χ1) is 14.9. The minimum Gasteiger partial charge on any atom is -0.390 e. The Bertz CT molecular complexity index is 666. The molecule has 0 aliphatic heterocycles. The number of fused-ring (bicyclic) bond motifs is 5. The van der Waals surface area contributed by atoms with Crippen LogP contribution in [-0.2, 0) is 0 Å². The lowest BCUT2D eigenvalue weighted by molar-refractivity contribution is -0.163. The first-order valence-electron chi connectivity index (χ1n) is 13.6. The molecular weight excluding hydrogens is 400 g/mol. The van der Waals surface area contributed by atoms with Crippen LogP contribution in [-0.4, -0.2) is 44.8 Å². The first-order valence-corrected chi connectivity index (χ1v) is 13.6. The van der Waals surface area contributed by atoms with Gasteiger partial charge in [0.15, 0.2) is 0 Å². The van der Waals surface area contributed by atoms with E-state index in [0.29, 0.717) is 35.5 Å². The minimum atomic E-state index is -0.659. The molecule has 4 fully saturated rings. The van der Waals surface area contributed by atoms with Crippen LogP contribution in [0.4, 0.5) is 0 Å². The lowest BCUT2D eigenvalue weighted by atomic mass is 9.44. The highest BCUT2D eigenvalue weighted by atomic mass is 16.3. The van der Waals surface area contributed by atoms with E-state index in [-0.39, 0.29) is 22.7 Å². The van der Waals surface area contributed by atoms with Gasteiger partial charge in [-0.25, -0.2) is 0 Å². The van der Waals surface area contributed by atoms with Crippen molar-refractivity contribution in [2.45, 2.75) is 117 Å². The van der Waals surface area contributed by atoms with Crippen LogP contribution in [0.15, 0.2) is 0 Å². The van der Waals surface area contributed by atoms with Gasteiger partial charge in [0.25, 0.3) is 0 Å². The number of hydrogen-bond donors (Lipinski definition) is 4. The summed E-state index contributed by atoms with van der Waals surface area (Å²) in [5.41, 5.74) is 0.382. The molecule has 0 radical (unpaired) electrons. The lowest BCUT2D eigenvalue weighted by Crippen LogP contribution is -2.57. The van der Waals surface area contributed by atoms with Gasteiger partial charge >= 0.3 is 0 Å². The van der Waals surface area contributed by atoms with Gasteiger partial charge < -0.3 is 20.4 Å². The van der Waals surface area contributed by atoms with Crippen LogP contribution in [0.2, 0.25) is 0 Å². The van der Waals surface area contributed by atoms with Crippen molar-refractivity contribution in [1.82, 2.24) is 0 Å². The van der Waals surface area contributed by atoms with E-state index in [1.54, 1.807) is 0 Å². The molecule has 4 rings (SSSR count). The molecule has 0 aromatic carbocycles. The molecule has 32 heavy (non-hydrogen) atoms. The third kappa shape index (κ3) is 3.80. The molecule has 186 valence electrons. The van der Waals surface area contributed by atoms with Gasteiger partial charge in [0.1, 0.15) is 0 Å². The monoisotopic (exact) mass is 450 g/mol. The second-order valence-corrected chi connectivity index (χ2v) is 13.4. The Morgan fingerprint density at radius 2 is 1.41 bits per heavy atom. The summed E-state index contributed by atoms with van der Waals surface area (Å²) in [6, 6.07) is 0. The van der Waals surface area contributed by atoms with Crippen molar-refractivity contribution in [2.75, 3.05) is 0 Å². The highest BCUT2D eigenvalue weighted by Crippen LogP contribution is 2.68. The van der Waals surface area contributed by atoms with E-state index in [9.17, 15) is 20.4 Å². The largest absolute Gasteiger partial charge is 0.390 e. The summed E-state index contributed by atoms with van der Waals surface area (Å²) in [5, 5.41) is 42.8. The molecule has 0 heterocycles. The van der Waals surface area contributed by atoms with Crippen LogP contribution in [0, 0.1) is 58.2 Å². The summed E-state index contributed by atoms with van der Waals surface area (Å²) in [7, 11) is 0. The van der Waals surface area contributed by atoms with Crippen LogP contribution in [0.1, 0.15) is 92.9 Å². The summed E-state index contributed by atoms with van der Waals surface area (Å²) in [6.07, 6.45) is 6.31. The van der Waals surface area contributed by atoms with Crippen LogP contribution < -0.4 is 0 Å². The summed E-state index contributed by atoms with van der Waals surface area (Å²) in [6.45, 7) is 13.4. The molecule has 13 atom stereocenters. The zero-order valence-corrected chi connectivity index (χ0v) is 21.4. The molecule has 4 heteroatoms. The summed E-state index contributed by atoms with van der Waals surface area (Å²) >= 11 is 0. The Balaban J connectivity index is 1.52.